The molecule has 8 heteroatoms. The van der Waals surface area contributed by atoms with Crippen LogP contribution in [-0.2, 0) is 5.41 Å². The first kappa shape index (κ1) is 18.2. The molecule has 0 unspecified atom stereocenters. The Bertz CT molecular complexity index is 987. The first-order valence-electron chi connectivity index (χ1n) is 8.24. The average Bonchev–Trinajstić information content (AvgIpc) is 3.09. The molecule has 0 bridgehead atoms. The van der Waals surface area contributed by atoms with Gasteiger partial charge in [0.15, 0.2) is 0 Å². The van der Waals surface area contributed by atoms with Gasteiger partial charge in [-0.25, -0.2) is 0 Å². The second kappa shape index (κ2) is 6.99. The lowest BCUT2D eigenvalue weighted by atomic mass is 9.87. The van der Waals surface area contributed by atoms with Gasteiger partial charge < -0.3 is 4.42 Å². The fourth-order valence-corrected chi connectivity index (χ4v) is 2.43. The standard InChI is InChI=1S/C19H18N4O4/c1-19(2,3)14-9-7-12(8-10-14)16(24)20-18-22-21-17(27-18)13-5-4-6-15(11-13)23(25)26/h4-11H,1-3H3,(H,20,22,24). The van der Waals surface area contributed by atoms with Gasteiger partial charge in [0.1, 0.15) is 0 Å². The molecule has 0 aliphatic carbocycles. The zero-order valence-electron chi connectivity index (χ0n) is 15.1. The molecule has 3 rings (SSSR count). The minimum atomic E-state index is -0.510. The lowest BCUT2D eigenvalue weighted by Crippen LogP contribution is -2.14. The first-order valence-corrected chi connectivity index (χ1v) is 8.24. The van der Waals surface area contributed by atoms with Gasteiger partial charge in [-0.15, -0.1) is 5.10 Å². The Labute approximate surface area is 155 Å². The molecule has 2 aromatic carbocycles. The highest BCUT2D eigenvalue weighted by molar-refractivity contribution is 6.03. The van der Waals surface area contributed by atoms with Gasteiger partial charge in [-0.1, -0.05) is 44.1 Å². The molecule has 0 atom stereocenters. The van der Waals surface area contributed by atoms with E-state index in [1.807, 2.05) is 12.1 Å². The van der Waals surface area contributed by atoms with Crippen molar-refractivity contribution in [2.45, 2.75) is 26.2 Å². The van der Waals surface area contributed by atoms with Crippen LogP contribution in [0.2, 0.25) is 0 Å². The van der Waals surface area contributed by atoms with E-state index in [2.05, 4.69) is 36.3 Å². The van der Waals surface area contributed by atoms with E-state index < -0.39 is 4.92 Å². The van der Waals surface area contributed by atoms with Crippen LogP contribution in [-0.4, -0.2) is 21.0 Å². The van der Waals surface area contributed by atoms with Crippen LogP contribution in [0, 0.1) is 10.1 Å². The van der Waals surface area contributed by atoms with Crippen LogP contribution < -0.4 is 5.32 Å². The van der Waals surface area contributed by atoms with Gasteiger partial charge in [0.25, 0.3) is 11.6 Å². The monoisotopic (exact) mass is 366 g/mol. The predicted molar refractivity (Wildman–Crippen MR) is 99.5 cm³/mol. The lowest BCUT2D eigenvalue weighted by Gasteiger charge is -2.18. The van der Waals surface area contributed by atoms with Gasteiger partial charge in [-0.2, -0.15) is 0 Å². The molecule has 0 aliphatic rings. The number of nitrogens with zero attached hydrogens (tertiary/aromatic N) is 3. The van der Waals surface area contributed by atoms with Crippen molar-refractivity contribution in [3.8, 4) is 11.5 Å². The van der Waals surface area contributed by atoms with E-state index in [0.717, 1.165) is 5.56 Å². The Morgan fingerprint density at radius 1 is 1.11 bits per heavy atom. The first-order chi connectivity index (χ1) is 12.7. The van der Waals surface area contributed by atoms with Crippen molar-refractivity contribution in [1.29, 1.82) is 0 Å². The van der Waals surface area contributed by atoms with E-state index in [-0.39, 0.29) is 28.9 Å². The second-order valence-electron chi connectivity index (χ2n) is 7.00. The number of amides is 1. The summed E-state index contributed by atoms with van der Waals surface area (Å²) in [7, 11) is 0. The summed E-state index contributed by atoms with van der Waals surface area (Å²) in [6, 6.07) is 13.0. The van der Waals surface area contributed by atoms with Crippen LogP contribution in [0.15, 0.2) is 52.9 Å². The summed E-state index contributed by atoms with van der Waals surface area (Å²) in [5, 5.41) is 21.0. The highest BCUT2D eigenvalue weighted by Crippen LogP contribution is 2.25. The fraction of sp³-hybridized carbons (Fsp3) is 0.211. The van der Waals surface area contributed by atoms with Gasteiger partial charge in [-0.05, 0) is 29.2 Å². The highest BCUT2D eigenvalue weighted by atomic mass is 16.6. The second-order valence-corrected chi connectivity index (χ2v) is 7.00. The van der Waals surface area contributed by atoms with Crippen molar-refractivity contribution in [3.63, 3.8) is 0 Å². The minimum absolute atomic E-state index is 0.00527. The van der Waals surface area contributed by atoms with Gasteiger partial charge >= 0.3 is 6.01 Å². The minimum Gasteiger partial charge on any atom is -0.403 e. The van der Waals surface area contributed by atoms with E-state index in [9.17, 15) is 14.9 Å². The highest BCUT2D eigenvalue weighted by Gasteiger charge is 2.17. The van der Waals surface area contributed by atoms with Crippen LogP contribution in [0.4, 0.5) is 11.7 Å². The van der Waals surface area contributed by atoms with Crippen molar-refractivity contribution in [2.75, 3.05) is 5.32 Å². The van der Waals surface area contributed by atoms with E-state index >= 15 is 0 Å². The van der Waals surface area contributed by atoms with Crippen molar-refractivity contribution < 1.29 is 14.1 Å². The number of anilines is 1. The van der Waals surface area contributed by atoms with Crippen LogP contribution in [0.1, 0.15) is 36.7 Å². The smallest absolute Gasteiger partial charge is 0.322 e. The third kappa shape index (κ3) is 4.17. The number of hydrogen-bond acceptors (Lipinski definition) is 6. The number of nitro groups is 1. The molecule has 1 N–H and O–H groups in total. The summed E-state index contributed by atoms with van der Waals surface area (Å²) in [6.07, 6.45) is 0. The summed E-state index contributed by atoms with van der Waals surface area (Å²) in [5.74, 6) is -0.304. The summed E-state index contributed by atoms with van der Waals surface area (Å²) in [4.78, 5) is 22.7. The topological polar surface area (TPSA) is 111 Å². The Morgan fingerprint density at radius 2 is 1.81 bits per heavy atom. The molecule has 0 fully saturated rings. The number of nitrogens with one attached hydrogen (secondary N) is 1. The molecule has 0 saturated carbocycles. The van der Waals surface area contributed by atoms with Crippen LogP contribution in [0.25, 0.3) is 11.5 Å². The summed E-state index contributed by atoms with van der Waals surface area (Å²) < 4.78 is 5.40. The fourth-order valence-electron chi connectivity index (χ4n) is 2.43. The summed E-state index contributed by atoms with van der Waals surface area (Å²) in [6.45, 7) is 6.28. The molecule has 3 aromatic rings. The molecule has 138 valence electrons. The van der Waals surface area contributed by atoms with E-state index in [4.69, 9.17) is 4.42 Å². The number of rotatable bonds is 4. The van der Waals surface area contributed by atoms with Crippen molar-refractivity contribution in [1.82, 2.24) is 10.2 Å². The van der Waals surface area contributed by atoms with Gasteiger partial charge in [0, 0.05) is 23.3 Å². The van der Waals surface area contributed by atoms with Gasteiger partial charge in [-0.3, -0.25) is 20.2 Å². The maximum Gasteiger partial charge on any atom is 0.322 e. The van der Waals surface area contributed by atoms with E-state index in [1.165, 1.54) is 18.2 Å². The number of aromatic nitrogens is 2. The molecular formula is C19H18N4O4. The Kier molecular flexibility index (Phi) is 4.72. The Hall–Kier alpha value is -3.55. The molecule has 0 radical (unpaired) electrons. The summed E-state index contributed by atoms with van der Waals surface area (Å²) >= 11 is 0. The molecule has 0 aliphatic heterocycles. The zero-order valence-corrected chi connectivity index (χ0v) is 15.1. The lowest BCUT2D eigenvalue weighted by molar-refractivity contribution is -0.384. The van der Waals surface area contributed by atoms with Crippen LogP contribution >= 0.6 is 0 Å². The van der Waals surface area contributed by atoms with Gasteiger partial charge in [0.2, 0.25) is 5.89 Å². The van der Waals surface area contributed by atoms with E-state index in [0.29, 0.717) is 11.1 Å². The average molecular weight is 366 g/mol. The number of carbonyl (C=O) groups excluding carboxylic acids is 1. The largest absolute Gasteiger partial charge is 0.403 e. The molecule has 1 heterocycles. The quantitative estimate of drug-likeness (QED) is 0.547. The van der Waals surface area contributed by atoms with Crippen molar-refractivity contribution >= 4 is 17.6 Å². The molecule has 1 aromatic heterocycles. The SMILES string of the molecule is CC(C)(C)c1ccc(C(=O)Nc2nnc(-c3cccc([N+](=O)[O-])c3)o2)cc1. The Morgan fingerprint density at radius 3 is 2.44 bits per heavy atom. The molecule has 27 heavy (non-hydrogen) atoms. The zero-order chi connectivity index (χ0) is 19.6. The molecule has 0 spiro atoms. The molecule has 0 saturated heterocycles. The van der Waals surface area contributed by atoms with Crippen molar-refractivity contribution in [3.05, 3.63) is 69.8 Å². The van der Waals surface area contributed by atoms with Crippen LogP contribution in [0.3, 0.4) is 0 Å². The third-order valence-corrected chi connectivity index (χ3v) is 3.96. The predicted octanol–water partition coefficient (Wildman–Crippen LogP) is 4.19. The maximum absolute atomic E-state index is 12.3. The Balaban J connectivity index is 1.75. The number of carbonyl (C=O) groups is 1. The van der Waals surface area contributed by atoms with E-state index in [1.54, 1.807) is 18.2 Å². The molecule has 1 amide bonds. The van der Waals surface area contributed by atoms with Crippen molar-refractivity contribution in [2.24, 2.45) is 0 Å². The third-order valence-electron chi connectivity index (χ3n) is 3.96. The number of nitro benzene ring substituents is 1. The summed E-state index contributed by atoms with van der Waals surface area (Å²) in [5.41, 5.74) is 1.87. The number of hydrogen-bond donors (Lipinski definition) is 1. The number of non-ortho nitro benzene ring substituents is 1. The normalized spacial score (nSPS) is 11.2. The molecule has 8 nitrogen and oxygen atoms in total. The molecular weight excluding hydrogens is 348 g/mol. The van der Waals surface area contributed by atoms with Crippen LogP contribution in [0.5, 0.6) is 0 Å². The van der Waals surface area contributed by atoms with Gasteiger partial charge in [0.05, 0.1) is 4.92 Å². The number of benzene rings is 2. The maximum atomic E-state index is 12.3.